The number of nitrogens with zero attached hydrogens (tertiary/aromatic N) is 3. The Hall–Kier alpha value is -2.84. The Bertz CT molecular complexity index is 804. The van der Waals surface area contributed by atoms with Gasteiger partial charge in [-0.15, -0.1) is 0 Å². The average molecular weight is 369 g/mol. The lowest BCUT2D eigenvalue weighted by Gasteiger charge is -2.21. The molecule has 1 heterocycles. The topological polar surface area (TPSA) is 75.4 Å². The predicted molar refractivity (Wildman–Crippen MR) is 86.1 cm³/mol. The molecule has 0 spiro atoms. The van der Waals surface area contributed by atoms with E-state index in [0.717, 1.165) is 4.90 Å². The number of carbonyl (C=O) groups is 2. The molecule has 2 aromatic rings. The highest BCUT2D eigenvalue weighted by molar-refractivity contribution is 5.83. The molecule has 0 bridgehead atoms. The first-order valence-electron chi connectivity index (χ1n) is 7.75. The van der Waals surface area contributed by atoms with Crippen LogP contribution in [0.15, 0.2) is 24.3 Å². The van der Waals surface area contributed by atoms with Crippen LogP contribution in [-0.4, -0.2) is 38.2 Å². The van der Waals surface area contributed by atoms with Gasteiger partial charge in [0.05, 0.1) is 12.1 Å². The highest BCUT2D eigenvalue weighted by Crippen LogP contribution is 2.20. The van der Waals surface area contributed by atoms with Crippen LogP contribution in [0.3, 0.4) is 0 Å². The zero-order valence-electron chi connectivity index (χ0n) is 14.2. The second-order valence-electron chi connectivity index (χ2n) is 5.82. The standard InChI is InChI=1S/C17H18F3N3O3/c1-10-14(11(2)23(21-10)17(19)20)7-15(24)22(9-16(25)26)8-12-3-5-13(18)6-4-12/h3-6,17H,7-9H2,1-2H3,(H,25,26). The van der Waals surface area contributed by atoms with Crippen LogP contribution in [0.2, 0.25) is 0 Å². The number of aliphatic carboxylic acids is 1. The maximum atomic E-state index is 13.0. The summed E-state index contributed by atoms with van der Waals surface area (Å²) in [5.74, 6) is -2.20. The Kier molecular flexibility index (Phi) is 6.01. The van der Waals surface area contributed by atoms with Crippen LogP contribution in [-0.2, 0) is 22.6 Å². The van der Waals surface area contributed by atoms with E-state index in [0.29, 0.717) is 15.8 Å². The molecular weight excluding hydrogens is 351 g/mol. The Morgan fingerprint density at radius 1 is 1.23 bits per heavy atom. The fourth-order valence-electron chi connectivity index (χ4n) is 2.61. The van der Waals surface area contributed by atoms with Crippen molar-refractivity contribution < 1.29 is 27.9 Å². The highest BCUT2D eigenvalue weighted by atomic mass is 19.3. The van der Waals surface area contributed by atoms with Gasteiger partial charge in [-0.2, -0.15) is 13.9 Å². The molecule has 26 heavy (non-hydrogen) atoms. The molecule has 1 aromatic heterocycles. The highest BCUT2D eigenvalue weighted by Gasteiger charge is 2.23. The maximum absolute atomic E-state index is 13.0. The summed E-state index contributed by atoms with van der Waals surface area (Å²) >= 11 is 0. The van der Waals surface area contributed by atoms with Gasteiger partial charge in [-0.05, 0) is 31.5 Å². The van der Waals surface area contributed by atoms with Gasteiger partial charge in [-0.25, -0.2) is 9.07 Å². The smallest absolute Gasteiger partial charge is 0.333 e. The molecule has 0 fully saturated rings. The van der Waals surface area contributed by atoms with Crippen molar-refractivity contribution in [2.45, 2.75) is 33.4 Å². The van der Waals surface area contributed by atoms with Crippen LogP contribution in [0.4, 0.5) is 13.2 Å². The third-order valence-corrected chi connectivity index (χ3v) is 3.95. The molecule has 9 heteroatoms. The Labute approximate surface area is 147 Å². The molecule has 140 valence electrons. The molecule has 0 saturated carbocycles. The van der Waals surface area contributed by atoms with Crippen LogP contribution in [0.1, 0.15) is 29.1 Å². The molecule has 0 aliphatic rings. The summed E-state index contributed by atoms with van der Waals surface area (Å²) in [5.41, 5.74) is 1.33. The fourth-order valence-corrected chi connectivity index (χ4v) is 2.61. The number of aryl methyl sites for hydroxylation is 1. The van der Waals surface area contributed by atoms with E-state index in [-0.39, 0.29) is 24.4 Å². The van der Waals surface area contributed by atoms with Crippen molar-refractivity contribution in [1.82, 2.24) is 14.7 Å². The van der Waals surface area contributed by atoms with Crippen molar-refractivity contribution in [3.05, 3.63) is 52.6 Å². The van der Waals surface area contributed by atoms with Crippen molar-refractivity contribution >= 4 is 11.9 Å². The minimum Gasteiger partial charge on any atom is -0.480 e. The second-order valence-corrected chi connectivity index (χ2v) is 5.82. The molecule has 6 nitrogen and oxygen atoms in total. The SMILES string of the molecule is Cc1nn(C(F)F)c(C)c1CC(=O)N(CC(=O)O)Cc1ccc(F)cc1. The first-order chi connectivity index (χ1) is 12.2. The summed E-state index contributed by atoms with van der Waals surface area (Å²) in [6.07, 6.45) is -0.251. The number of hydrogen-bond acceptors (Lipinski definition) is 3. The van der Waals surface area contributed by atoms with Gasteiger partial charge < -0.3 is 10.0 Å². The third-order valence-electron chi connectivity index (χ3n) is 3.95. The molecule has 0 unspecified atom stereocenters. The van der Waals surface area contributed by atoms with E-state index in [1.165, 1.54) is 38.1 Å². The quantitative estimate of drug-likeness (QED) is 0.814. The summed E-state index contributed by atoms with van der Waals surface area (Å²) in [6, 6.07) is 5.31. The summed E-state index contributed by atoms with van der Waals surface area (Å²) < 4.78 is 39.3. The molecule has 1 aromatic carbocycles. The summed E-state index contributed by atoms with van der Waals surface area (Å²) in [4.78, 5) is 24.7. The largest absolute Gasteiger partial charge is 0.480 e. The molecule has 2 rings (SSSR count). The minimum absolute atomic E-state index is 0.0352. The van der Waals surface area contributed by atoms with Crippen LogP contribution in [0.25, 0.3) is 0 Å². The van der Waals surface area contributed by atoms with Gasteiger partial charge in [-0.3, -0.25) is 9.59 Å². The lowest BCUT2D eigenvalue weighted by molar-refractivity contribution is -0.144. The normalized spacial score (nSPS) is 11.0. The monoisotopic (exact) mass is 369 g/mol. The fraction of sp³-hybridized carbons (Fsp3) is 0.353. The van der Waals surface area contributed by atoms with Gasteiger partial charge >= 0.3 is 12.5 Å². The maximum Gasteiger partial charge on any atom is 0.333 e. The van der Waals surface area contributed by atoms with E-state index >= 15 is 0 Å². The Balaban J connectivity index is 2.21. The van der Waals surface area contributed by atoms with E-state index in [2.05, 4.69) is 5.10 Å². The summed E-state index contributed by atoms with van der Waals surface area (Å²) in [5, 5.41) is 12.8. The molecule has 0 radical (unpaired) electrons. The van der Waals surface area contributed by atoms with Crippen LogP contribution in [0, 0.1) is 19.7 Å². The van der Waals surface area contributed by atoms with E-state index in [1.54, 1.807) is 0 Å². The number of hydrogen-bond donors (Lipinski definition) is 1. The van der Waals surface area contributed by atoms with Gasteiger partial charge in [0.2, 0.25) is 5.91 Å². The first-order valence-corrected chi connectivity index (χ1v) is 7.75. The Morgan fingerprint density at radius 3 is 2.35 bits per heavy atom. The van der Waals surface area contributed by atoms with Gasteiger partial charge in [0.15, 0.2) is 0 Å². The number of benzene rings is 1. The average Bonchev–Trinajstić information content (AvgIpc) is 2.84. The molecule has 0 aliphatic carbocycles. The van der Waals surface area contributed by atoms with Crippen LogP contribution < -0.4 is 0 Å². The van der Waals surface area contributed by atoms with Crippen LogP contribution >= 0.6 is 0 Å². The van der Waals surface area contributed by atoms with Gasteiger partial charge in [-0.1, -0.05) is 12.1 Å². The van der Waals surface area contributed by atoms with Crippen molar-refractivity contribution in [2.75, 3.05) is 6.54 Å². The van der Waals surface area contributed by atoms with E-state index in [4.69, 9.17) is 5.11 Å². The number of carbonyl (C=O) groups excluding carboxylic acids is 1. The number of amides is 1. The summed E-state index contributed by atoms with van der Waals surface area (Å²) in [6.45, 7) is -0.484. The lowest BCUT2D eigenvalue weighted by Crippen LogP contribution is -2.36. The zero-order chi connectivity index (χ0) is 19.4. The zero-order valence-corrected chi connectivity index (χ0v) is 14.2. The minimum atomic E-state index is -2.83. The predicted octanol–water partition coefficient (Wildman–Crippen LogP) is 2.69. The van der Waals surface area contributed by atoms with Gasteiger partial charge in [0.25, 0.3) is 0 Å². The van der Waals surface area contributed by atoms with E-state index in [1.807, 2.05) is 0 Å². The van der Waals surface area contributed by atoms with Crippen molar-refractivity contribution in [2.24, 2.45) is 0 Å². The van der Waals surface area contributed by atoms with Crippen molar-refractivity contribution in [3.8, 4) is 0 Å². The van der Waals surface area contributed by atoms with Crippen molar-refractivity contribution in [3.63, 3.8) is 0 Å². The van der Waals surface area contributed by atoms with Crippen molar-refractivity contribution in [1.29, 1.82) is 0 Å². The molecule has 0 aliphatic heterocycles. The number of halogens is 3. The number of alkyl halides is 2. The van der Waals surface area contributed by atoms with Gasteiger partial charge in [0.1, 0.15) is 12.4 Å². The number of carboxylic acid groups (broad SMARTS) is 1. The van der Waals surface area contributed by atoms with E-state index < -0.39 is 30.8 Å². The number of aromatic nitrogens is 2. The van der Waals surface area contributed by atoms with Gasteiger partial charge in [0, 0.05) is 17.8 Å². The molecule has 1 amide bonds. The van der Waals surface area contributed by atoms with Crippen LogP contribution in [0.5, 0.6) is 0 Å². The molecular formula is C17H18F3N3O3. The molecule has 0 atom stereocenters. The molecule has 1 N–H and O–H groups in total. The van der Waals surface area contributed by atoms with E-state index in [9.17, 15) is 22.8 Å². The first kappa shape index (κ1) is 19.5. The summed E-state index contributed by atoms with van der Waals surface area (Å²) in [7, 11) is 0. The number of carboxylic acids is 1. The Morgan fingerprint density at radius 2 is 1.85 bits per heavy atom. The lowest BCUT2D eigenvalue weighted by atomic mass is 10.1. The number of rotatable bonds is 7. The molecule has 0 saturated heterocycles. The second kappa shape index (κ2) is 8.03. The third kappa shape index (κ3) is 4.62.